The lowest BCUT2D eigenvalue weighted by molar-refractivity contribution is -0.143. The van der Waals surface area contributed by atoms with Gasteiger partial charge in [0, 0.05) is 12.8 Å². The minimum Gasteiger partial charge on any atom is -0.466 e. The first-order chi connectivity index (χ1) is 40.0. The Morgan fingerprint density at radius 2 is 0.617 bits per heavy atom. The van der Waals surface area contributed by atoms with Crippen molar-refractivity contribution in [2.45, 2.75) is 418 Å². The molecule has 0 aliphatic heterocycles. The number of unbranched alkanes of at least 4 members (excludes halogenated alkanes) is 54. The number of aliphatic hydroxyl groups is 2. The largest absolute Gasteiger partial charge is 0.466 e. The smallest absolute Gasteiger partial charge is 0.305 e. The van der Waals surface area contributed by atoms with Gasteiger partial charge >= 0.3 is 5.97 Å². The van der Waals surface area contributed by atoms with Crippen LogP contribution in [0.1, 0.15) is 406 Å². The second-order valence-corrected chi connectivity index (χ2v) is 25.3. The SMILES string of the molecule is CCCCC/C=C\C/C=C\CCCCCCCCCCCC(=O)OCCCCCCCCCCCCCCCCCCCCCCCCCCCC(=O)NC(CO)C(O)/C=C/CCCCCCCCCCCCCCCCCCCC. The number of aliphatic hydroxyl groups excluding tert-OH is 2. The molecule has 0 aliphatic rings. The van der Waals surface area contributed by atoms with E-state index in [1.165, 1.54) is 327 Å². The Morgan fingerprint density at radius 3 is 0.963 bits per heavy atom. The van der Waals surface area contributed by atoms with Crippen molar-refractivity contribution in [1.29, 1.82) is 0 Å². The first-order valence-corrected chi connectivity index (χ1v) is 36.8. The van der Waals surface area contributed by atoms with E-state index in [2.05, 4.69) is 43.5 Å². The molecule has 81 heavy (non-hydrogen) atoms. The zero-order valence-corrected chi connectivity index (χ0v) is 54.8. The summed E-state index contributed by atoms with van der Waals surface area (Å²) in [6, 6.07) is -0.628. The fourth-order valence-electron chi connectivity index (χ4n) is 11.6. The van der Waals surface area contributed by atoms with Crippen molar-refractivity contribution in [1.82, 2.24) is 5.32 Å². The van der Waals surface area contributed by atoms with E-state index < -0.39 is 12.1 Å². The molecule has 0 saturated carbocycles. The van der Waals surface area contributed by atoms with Crippen molar-refractivity contribution < 1.29 is 24.5 Å². The summed E-state index contributed by atoms with van der Waals surface area (Å²) >= 11 is 0. The van der Waals surface area contributed by atoms with Crippen molar-refractivity contribution in [3.8, 4) is 0 Å². The summed E-state index contributed by atoms with van der Waals surface area (Å²) in [4.78, 5) is 24.6. The predicted octanol–water partition coefficient (Wildman–Crippen LogP) is 23.9. The molecule has 2 atom stereocenters. The molecular weight excluding hydrogens is 995 g/mol. The summed E-state index contributed by atoms with van der Waals surface area (Å²) in [5.74, 6) is -0.0496. The standard InChI is InChI=1S/C75H143NO5/c1-3-5-7-9-11-13-15-17-19-21-23-32-35-39-43-47-51-55-59-63-67-73(78)72(71-77)76-74(79)68-64-60-56-52-48-44-40-36-33-29-27-25-24-26-28-30-34-38-42-46-50-54-58-62-66-70-81-75(80)69-65-61-57-53-49-45-41-37-31-22-20-18-16-14-12-10-8-6-4-2/h12,14,18,20,63,67,72-73,77-78H,3-11,13,15-17,19,21-62,64-66,68-71H2,1-2H3,(H,76,79)/b14-12-,20-18-,67-63+. The fourth-order valence-corrected chi connectivity index (χ4v) is 11.6. The first-order valence-electron chi connectivity index (χ1n) is 36.8. The molecule has 1 amide bonds. The van der Waals surface area contributed by atoms with Crippen molar-refractivity contribution >= 4 is 11.9 Å². The monoisotopic (exact) mass is 1140 g/mol. The molecule has 6 nitrogen and oxygen atoms in total. The summed E-state index contributed by atoms with van der Waals surface area (Å²) in [5, 5.41) is 23.3. The third-order valence-corrected chi connectivity index (χ3v) is 17.2. The summed E-state index contributed by atoms with van der Waals surface area (Å²) in [5.41, 5.74) is 0. The van der Waals surface area contributed by atoms with Gasteiger partial charge in [0.2, 0.25) is 5.91 Å². The summed E-state index contributed by atoms with van der Waals surface area (Å²) in [7, 11) is 0. The van der Waals surface area contributed by atoms with Gasteiger partial charge in [-0.3, -0.25) is 9.59 Å². The van der Waals surface area contributed by atoms with Gasteiger partial charge in [0.05, 0.1) is 25.4 Å². The number of amides is 1. The Kier molecular flexibility index (Phi) is 68.9. The van der Waals surface area contributed by atoms with Crippen LogP contribution < -0.4 is 5.32 Å². The van der Waals surface area contributed by atoms with Crippen LogP contribution in [0.5, 0.6) is 0 Å². The number of hydrogen-bond donors (Lipinski definition) is 3. The van der Waals surface area contributed by atoms with Crippen LogP contribution in [0.4, 0.5) is 0 Å². The van der Waals surface area contributed by atoms with E-state index in [1.54, 1.807) is 6.08 Å². The van der Waals surface area contributed by atoms with Gasteiger partial charge in [0.25, 0.3) is 0 Å². The van der Waals surface area contributed by atoms with E-state index in [9.17, 15) is 19.8 Å². The highest BCUT2D eigenvalue weighted by molar-refractivity contribution is 5.76. The van der Waals surface area contributed by atoms with E-state index in [0.29, 0.717) is 19.4 Å². The molecule has 0 radical (unpaired) electrons. The third-order valence-electron chi connectivity index (χ3n) is 17.2. The van der Waals surface area contributed by atoms with E-state index in [0.717, 1.165) is 51.4 Å². The lowest BCUT2D eigenvalue weighted by Gasteiger charge is -2.20. The fraction of sp³-hybridized carbons (Fsp3) is 0.893. The maximum absolute atomic E-state index is 12.5. The highest BCUT2D eigenvalue weighted by atomic mass is 16.5. The van der Waals surface area contributed by atoms with Gasteiger partial charge in [-0.05, 0) is 64.2 Å². The second kappa shape index (κ2) is 70.6. The average Bonchev–Trinajstić information content (AvgIpc) is 3.47. The zero-order chi connectivity index (χ0) is 58.5. The minimum atomic E-state index is -0.844. The summed E-state index contributed by atoms with van der Waals surface area (Å²) in [6.07, 6.45) is 90.9. The van der Waals surface area contributed by atoms with Crippen LogP contribution in [-0.2, 0) is 14.3 Å². The molecule has 0 aromatic heterocycles. The van der Waals surface area contributed by atoms with E-state index in [4.69, 9.17) is 4.74 Å². The normalized spacial score (nSPS) is 12.7. The lowest BCUT2D eigenvalue weighted by atomic mass is 10.0. The number of esters is 1. The Balaban J connectivity index is 3.38. The van der Waals surface area contributed by atoms with Gasteiger partial charge in [0.15, 0.2) is 0 Å². The lowest BCUT2D eigenvalue weighted by Crippen LogP contribution is -2.45. The van der Waals surface area contributed by atoms with Crippen LogP contribution in [0.2, 0.25) is 0 Å². The van der Waals surface area contributed by atoms with E-state index >= 15 is 0 Å². The molecule has 0 aromatic carbocycles. The molecule has 0 rings (SSSR count). The topological polar surface area (TPSA) is 95.9 Å². The van der Waals surface area contributed by atoms with Gasteiger partial charge in [0.1, 0.15) is 0 Å². The van der Waals surface area contributed by atoms with Crippen molar-refractivity contribution in [3.63, 3.8) is 0 Å². The van der Waals surface area contributed by atoms with Gasteiger partial charge in [-0.15, -0.1) is 0 Å². The Bertz CT molecular complexity index is 1310. The number of ether oxygens (including phenoxy) is 1. The predicted molar refractivity (Wildman–Crippen MR) is 356 cm³/mol. The molecule has 0 heterocycles. The number of nitrogens with one attached hydrogen (secondary N) is 1. The molecule has 0 bridgehead atoms. The minimum absolute atomic E-state index is 0.0129. The molecule has 0 spiro atoms. The molecule has 2 unspecified atom stereocenters. The van der Waals surface area contributed by atoms with Crippen LogP contribution in [0.3, 0.4) is 0 Å². The highest BCUT2D eigenvalue weighted by Gasteiger charge is 2.18. The van der Waals surface area contributed by atoms with Crippen LogP contribution in [0.25, 0.3) is 0 Å². The van der Waals surface area contributed by atoms with Gasteiger partial charge in [-0.25, -0.2) is 0 Å². The van der Waals surface area contributed by atoms with E-state index in [-0.39, 0.29) is 18.5 Å². The number of carbonyl (C=O) groups excluding carboxylic acids is 2. The molecule has 0 fully saturated rings. The van der Waals surface area contributed by atoms with Crippen molar-refractivity contribution in [2.24, 2.45) is 0 Å². The molecule has 0 aliphatic carbocycles. The van der Waals surface area contributed by atoms with Crippen LogP contribution in [0.15, 0.2) is 36.5 Å². The molecule has 0 aromatic rings. The van der Waals surface area contributed by atoms with Crippen LogP contribution in [-0.4, -0.2) is 47.4 Å². The van der Waals surface area contributed by atoms with Crippen LogP contribution >= 0.6 is 0 Å². The van der Waals surface area contributed by atoms with Gasteiger partial charge in [-0.1, -0.05) is 365 Å². The molecular formula is C75H143NO5. The highest BCUT2D eigenvalue weighted by Crippen LogP contribution is 2.19. The molecule has 0 saturated heterocycles. The van der Waals surface area contributed by atoms with Crippen molar-refractivity contribution in [2.75, 3.05) is 13.2 Å². The first kappa shape index (κ1) is 79.1. The van der Waals surface area contributed by atoms with Crippen LogP contribution in [0, 0.1) is 0 Å². The number of hydrogen-bond acceptors (Lipinski definition) is 5. The second-order valence-electron chi connectivity index (χ2n) is 25.3. The Morgan fingerprint density at radius 1 is 0.346 bits per heavy atom. The zero-order valence-electron chi connectivity index (χ0n) is 54.8. The quantitative estimate of drug-likeness (QED) is 0.0320. The van der Waals surface area contributed by atoms with E-state index in [1.807, 2.05) is 6.08 Å². The third kappa shape index (κ3) is 67.1. The van der Waals surface area contributed by atoms with Crippen molar-refractivity contribution in [3.05, 3.63) is 36.5 Å². The maximum atomic E-state index is 12.5. The number of rotatable bonds is 69. The molecule has 6 heteroatoms. The Hall–Kier alpha value is -1.92. The summed E-state index contributed by atoms with van der Waals surface area (Å²) < 4.78 is 5.51. The molecule has 478 valence electrons. The molecule has 3 N–H and O–H groups in total. The number of allylic oxidation sites excluding steroid dienone is 5. The average molecular weight is 1140 g/mol. The Labute approximate surface area is 506 Å². The summed E-state index contributed by atoms with van der Waals surface area (Å²) in [6.45, 7) is 4.92. The maximum Gasteiger partial charge on any atom is 0.305 e. The van der Waals surface area contributed by atoms with Gasteiger partial charge < -0.3 is 20.3 Å². The van der Waals surface area contributed by atoms with Gasteiger partial charge in [-0.2, -0.15) is 0 Å². The number of carbonyl (C=O) groups is 2.